The van der Waals surface area contributed by atoms with Gasteiger partial charge in [-0.2, -0.15) is 0 Å². The first-order valence-corrected chi connectivity index (χ1v) is 7.89. The van der Waals surface area contributed by atoms with Crippen LogP contribution >= 0.6 is 12.2 Å². The molecule has 1 aromatic rings. The average molecular weight is 290 g/mol. The monoisotopic (exact) mass is 290 g/mol. The fourth-order valence-electron chi connectivity index (χ4n) is 3.53. The van der Waals surface area contributed by atoms with Gasteiger partial charge in [0.25, 0.3) is 0 Å². The predicted octanol–water partition coefficient (Wildman–Crippen LogP) is 4.50. The maximum atomic E-state index is 5.45. The Hall–Kier alpha value is -1.09. The molecule has 1 aliphatic rings. The summed E-state index contributed by atoms with van der Waals surface area (Å²) in [5, 5.41) is 7.53. The number of anilines is 1. The summed E-state index contributed by atoms with van der Waals surface area (Å²) in [5.74, 6) is 0.762. The fourth-order valence-corrected chi connectivity index (χ4v) is 3.82. The molecule has 20 heavy (non-hydrogen) atoms. The highest BCUT2D eigenvalue weighted by Crippen LogP contribution is 2.38. The Balaban J connectivity index is 1.91. The van der Waals surface area contributed by atoms with Crippen LogP contribution in [0.5, 0.6) is 0 Å². The van der Waals surface area contributed by atoms with Crippen molar-refractivity contribution in [3.8, 4) is 0 Å². The third kappa shape index (κ3) is 4.48. The Kier molecular flexibility index (Phi) is 4.69. The van der Waals surface area contributed by atoms with E-state index in [1.807, 2.05) is 6.07 Å². The minimum atomic E-state index is 0.411. The molecule has 0 spiro atoms. The molecule has 1 fully saturated rings. The third-order valence-corrected chi connectivity index (χ3v) is 4.22. The summed E-state index contributed by atoms with van der Waals surface area (Å²) in [6, 6.07) is 8.79. The molecule has 2 atom stereocenters. The zero-order chi connectivity index (χ0) is 14.8. The van der Waals surface area contributed by atoms with Crippen molar-refractivity contribution in [2.75, 3.05) is 5.32 Å². The number of thiocarbonyl (C=S) groups is 1. The SMILES string of the molecule is Cc1cccc(NC(=S)NC2CC(C)CC(C)(C)C2)c1. The largest absolute Gasteiger partial charge is 0.360 e. The zero-order valence-electron chi connectivity index (χ0n) is 13.0. The fraction of sp³-hybridized carbons (Fsp3) is 0.588. The van der Waals surface area contributed by atoms with E-state index >= 15 is 0 Å². The van der Waals surface area contributed by atoms with Gasteiger partial charge in [0.2, 0.25) is 0 Å². The molecule has 0 aliphatic heterocycles. The van der Waals surface area contributed by atoms with Crippen molar-refractivity contribution in [1.29, 1.82) is 0 Å². The Morgan fingerprint density at radius 2 is 2.05 bits per heavy atom. The minimum absolute atomic E-state index is 0.411. The zero-order valence-corrected chi connectivity index (χ0v) is 13.8. The molecule has 0 amide bonds. The first kappa shape index (κ1) is 15.3. The predicted molar refractivity (Wildman–Crippen MR) is 91.1 cm³/mol. The lowest BCUT2D eigenvalue weighted by Crippen LogP contribution is -2.44. The molecule has 2 unspecified atom stereocenters. The van der Waals surface area contributed by atoms with Gasteiger partial charge in [0.15, 0.2) is 5.11 Å². The highest BCUT2D eigenvalue weighted by atomic mass is 32.1. The molecule has 0 bridgehead atoms. The first-order valence-electron chi connectivity index (χ1n) is 7.48. The molecule has 110 valence electrons. The van der Waals surface area contributed by atoms with Crippen LogP contribution in [0.2, 0.25) is 0 Å². The quantitative estimate of drug-likeness (QED) is 0.784. The number of aryl methyl sites for hydroxylation is 1. The molecule has 3 heteroatoms. The van der Waals surface area contributed by atoms with E-state index in [0.717, 1.165) is 16.7 Å². The van der Waals surface area contributed by atoms with Gasteiger partial charge in [0.05, 0.1) is 0 Å². The van der Waals surface area contributed by atoms with E-state index < -0.39 is 0 Å². The summed E-state index contributed by atoms with van der Waals surface area (Å²) in [4.78, 5) is 0. The van der Waals surface area contributed by atoms with Gasteiger partial charge in [0, 0.05) is 11.7 Å². The molecule has 2 nitrogen and oxygen atoms in total. The van der Waals surface area contributed by atoms with Crippen LogP contribution < -0.4 is 10.6 Å². The third-order valence-electron chi connectivity index (χ3n) is 4.00. The lowest BCUT2D eigenvalue weighted by Gasteiger charge is -2.39. The van der Waals surface area contributed by atoms with E-state index in [2.05, 4.69) is 56.5 Å². The van der Waals surface area contributed by atoms with Crippen LogP contribution in [-0.2, 0) is 0 Å². The number of benzene rings is 1. The second-order valence-corrected chi connectivity index (χ2v) is 7.49. The van der Waals surface area contributed by atoms with Gasteiger partial charge in [-0.3, -0.25) is 0 Å². The lowest BCUT2D eigenvalue weighted by molar-refractivity contribution is 0.162. The van der Waals surface area contributed by atoms with Gasteiger partial charge >= 0.3 is 0 Å². The molecule has 2 rings (SSSR count). The van der Waals surface area contributed by atoms with Crippen molar-refractivity contribution in [1.82, 2.24) is 5.32 Å². The summed E-state index contributed by atoms with van der Waals surface area (Å²) >= 11 is 5.45. The van der Waals surface area contributed by atoms with Crippen LogP contribution in [-0.4, -0.2) is 11.2 Å². The summed E-state index contributed by atoms with van der Waals surface area (Å²) in [6.45, 7) is 9.14. The van der Waals surface area contributed by atoms with Gasteiger partial charge in [-0.1, -0.05) is 32.9 Å². The second kappa shape index (κ2) is 6.13. The van der Waals surface area contributed by atoms with Gasteiger partial charge in [-0.25, -0.2) is 0 Å². The van der Waals surface area contributed by atoms with Gasteiger partial charge in [0.1, 0.15) is 0 Å². The van der Waals surface area contributed by atoms with Gasteiger partial charge < -0.3 is 10.6 Å². The number of hydrogen-bond donors (Lipinski definition) is 2. The second-order valence-electron chi connectivity index (χ2n) is 7.08. The average Bonchev–Trinajstić information content (AvgIpc) is 2.25. The van der Waals surface area contributed by atoms with Crippen molar-refractivity contribution in [3.63, 3.8) is 0 Å². The van der Waals surface area contributed by atoms with Crippen LogP contribution in [0, 0.1) is 18.3 Å². The summed E-state index contributed by atoms with van der Waals surface area (Å²) in [7, 11) is 0. The van der Waals surface area contributed by atoms with Gasteiger partial charge in [-0.05, 0) is 67.4 Å². The smallest absolute Gasteiger partial charge is 0.170 e. The molecule has 1 aliphatic carbocycles. The Morgan fingerprint density at radius 1 is 1.30 bits per heavy atom. The van der Waals surface area contributed by atoms with E-state index in [1.165, 1.54) is 24.8 Å². The molecule has 0 saturated heterocycles. The lowest BCUT2D eigenvalue weighted by atomic mass is 9.71. The van der Waals surface area contributed by atoms with E-state index in [1.54, 1.807) is 0 Å². The molecule has 1 aromatic carbocycles. The Labute approximate surface area is 128 Å². The number of hydrogen-bond acceptors (Lipinski definition) is 1. The highest BCUT2D eigenvalue weighted by Gasteiger charge is 2.32. The summed E-state index contributed by atoms with van der Waals surface area (Å²) < 4.78 is 0. The van der Waals surface area contributed by atoms with Crippen LogP contribution in [0.4, 0.5) is 5.69 Å². The number of rotatable bonds is 2. The maximum absolute atomic E-state index is 5.45. The normalized spacial score (nSPS) is 25.0. The first-order chi connectivity index (χ1) is 9.34. The van der Waals surface area contributed by atoms with Crippen LogP contribution in [0.15, 0.2) is 24.3 Å². The van der Waals surface area contributed by atoms with Crippen molar-refractivity contribution >= 4 is 23.0 Å². The van der Waals surface area contributed by atoms with E-state index in [-0.39, 0.29) is 0 Å². The van der Waals surface area contributed by atoms with Crippen LogP contribution in [0.1, 0.15) is 45.6 Å². The molecule has 2 N–H and O–H groups in total. The van der Waals surface area contributed by atoms with E-state index in [4.69, 9.17) is 12.2 Å². The molecule has 0 heterocycles. The number of nitrogens with one attached hydrogen (secondary N) is 2. The minimum Gasteiger partial charge on any atom is -0.360 e. The molecule has 0 aromatic heterocycles. The topological polar surface area (TPSA) is 24.1 Å². The molecule has 0 radical (unpaired) electrons. The molecular formula is C17H26N2S. The standard InChI is InChI=1S/C17H26N2S/c1-12-6-5-7-14(8-12)18-16(20)19-15-9-13(2)10-17(3,4)11-15/h5-8,13,15H,9-11H2,1-4H3,(H2,18,19,20). The Morgan fingerprint density at radius 3 is 2.70 bits per heavy atom. The van der Waals surface area contributed by atoms with Crippen molar-refractivity contribution < 1.29 is 0 Å². The van der Waals surface area contributed by atoms with E-state index in [0.29, 0.717) is 11.5 Å². The summed E-state index contributed by atoms with van der Waals surface area (Å²) in [6.07, 6.45) is 3.70. The highest BCUT2D eigenvalue weighted by molar-refractivity contribution is 7.80. The van der Waals surface area contributed by atoms with Gasteiger partial charge in [-0.15, -0.1) is 0 Å². The van der Waals surface area contributed by atoms with Crippen molar-refractivity contribution in [3.05, 3.63) is 29.8 Å². The Bertz CT molecular complexity index is 482. The molecular weight excluding hydrogens is 264 g/mol. The van der Waals surface area contributed by atoms with Crippen LogP contribution in [0.3, 0.4) is 0 Å². The van der Waals surface area contributed by atoms with E-state index in [9.17, 15) is 0 Å². The maximum Gasteiger partial charge on any atom is 0.170 e. The van der Waals surface area contributed by atoms with Crippen molar-refractivity contribution in [2.24, 2.45) is 11.3 Å². The van der Waals surface area contributed by atoms with Crippen molar-refractivity contribution in [2.45, 2.75) is 53.0 Å². The summed E-state index contributed by atoms with van der Waals surface area (Å²) in [5.41, 5.74) is 2.71. The van der Waals surface area contributed by atoms with Crippen LogP contribution in [0.25, 0.3) is 0 Å². The molecule has 1 saturated carbocycles.